The van der Waals surface area contributed by atoms with Gasteiger partial charge in [0.15, 0.2) is 23.2 Å². The summed E-state index contributed by atoms with van der Waals surface area (Å²) in [7, 11) is 0.510. The summed E-state index contributed by atoms with van der Waals surface area (Å²) in [6.45, 7) is 0. The molecule has 0 spiro atoms. The molecule has 3 nitrogen and oxygen atoms in total. The van der Waals surface area contributed by atoms with Gasteiger partial charge in [0.05, 0.1) is 5.75 Å². The van der Waals surface area contributed by atoms with Gasteiger partial charge in [-0.1, -0.05) is 0 Å². The van der Waals surface area contributed by atoms with E-state index in [-0.39, 0.29) is 6.07 Å². The molecule has 0 heterocycles. The normalized spacial score (nSPS) is 11.7. The number of benzene rings is 1. The van der Waals surface area contributed by atoms with Crippen LogP contribution in [-0.4, -0.2) is 13.5 Å². The number of aromatic hydroxyl groups is 1. The van der Waals surface area contributed by atoms with Crippen LogP contribution in [0.4, 0.5) is 13.2 Å². The lowest BCUT2D eigenvalue weighted by molar-refractivity contribution is 0.407. The zero-order valence-corrected chi connectivity index (χ0v) is 8.54. The fourth-order valence-electron chi connectivity index (χ4n) is 0.941. The van der Waals surface area contributed by atoms with Crippen LogP contribution < -0.4 is 0 Å². The Bertz CT molecular complexity index is 474. The maximum Gasteiger partial charge on any atom is 0.236 e. The molecule has 1 aromatic carbocycles. The SMILES string of the molecule is O=S(=O)(Cl)Cc1c(F)c(O)cc(F)c1F. The summed E-state index contributed by atoms with van der Waals surface area (Å²) in [5.41, 5.74) is -1.12. The van der Waals surface area contributed by atoms with Crippen LogP contribution in [0.3, 0.4) is 0 Å². The molecule has 0 fully saturated rings. The second kappa shape index (κ2) is 3.90. The zero-order chi connectivity index (χ0) is 11.8. The summed E-state index contributed by atoms with van der Waals surface area (Å²) in [4.78, 5) is 0. The standard InChI is InChI=1S/C7H4ClF3O3S/c8-15(13,14)2-3-6(10)4(9)1-5(12)7(3)11/h1,12H,2H2. The lowest BCUT2D eigenvalue weighted by Crippen LogP contribution is -2.04. The third-order valence-corrected chi connectivity index (χ3v) is 2.51. The molecular formula is C7H4ClF3O3S. The molecule has 0 aromatic heterocycles. The minimum atomic E-state index is -4.24. The largest absolute Gasteiger partial charge is 0.505 e. The molecule has 1 aromatic rings. The smallest absolute Gasteiger partial charge is 0.236 e. The van der Waals surface area contributed by atoms with Crippen molar-refractivity contribution in [3.63, 3.8) is 0 Å². The van der Waals surface area contributed by atoms with Crippen molar-refractivity contribution in [1.82, 2.24) is 0 Å². The minimum Gasteiger partial charge on any atom is -0.505 e. The van der Waals surface area contributed by atoms with Crippen LogP contribution in [0.1, 0.15) is 5.56 Å². The van der Waals surface area contributed by atoms with Gasteiger partial charge in [-0.05, 0) is 0 Å². The Kier molecular flexibility index (Phi) is 3.15. The molecule has 1 rings (SSSR count). The molecule has 0 saturated heterocycles. The number of halogens is 4. The van der Waals surface area contributed by atoms with Gasteiger partial charge in [-0.15, -0.1) is 0 Å². The number of rotatable bonds is 2. The van der Waals surface area contributed by atoms with Crippen LogP contribution in [0, 0.1) is 17.5 Å². The third kappa shape index (κ3) is 2.75. The molecule has 8 heteroatoms. The molecule has 0 aliphatic carbocycles. The van der Waals surface area contributed by atoms with Gasteiger partial charge in [0.2, 0.25) is 9.05 Å². The van der Waals surface area contributed by atoms with Gasteiger partial charge in [0.25, 0.3) is 0 Å². The van der Waals surface area contributed by atoms with E-state index in [0.29, 0.717) is 0 Å². The maximum atomic E-state index is 13.0. The lowest BCUT2D eigenvalue weighted by atomic mass is 10.2. The van der Waals surface area contributed by atoms with Crippen LogP contribution in [0.5, 0.6) is 5.75 Å². The summed E-state index contributed by atoms with van der Waals surface area (Å²) in [5, 5.41) is 8.78. The Morgan fingerprint density at radius 3 is 2.27 bits per heavy atom. The molecule has 0 atom stereocenters. The van der Waals surface area contributed by atoms with E-state index in [2.05, 4.69) is 0 Å². The van der Waals surface area contributed by atoms with E-state index in [4.69, 9.17) is 15.8 Å². The first-order valence-corrected chi connectivity index (χ1v) is 5.98. The maximum absolute atomic E-state index is 13.0. The molecular weight excluding hydrogens is 257 g/mol. The highest BCUT2D eigenvalue weighted by Gasteiger charge is 2.22. The number of phenolic OH excluding ortho intramolecular Hbond substituents is 1. The van der Waals surface area contributed by atoms with E-state index in [1.54, 1.807) is 0 Å². The first kappa shape index (κ1) is 12.1. The van der Waals surface area contributed by atoms with Crippen LogP contribution in [0.15, 0.2) is 6.07 Å². The zero-order valence-electron chi connectivity index (χ0n) is 6.97. The van der Waals surface area contributed by atoms with Gasteiger partial charge in [-0.2, -0.15) is 0 Å². The van der Waals surface area contributed by atoms with Crippen molar-refractivity contribution in [2.24, 2.45) is 0 Å². The van der Waals surface area contributed by atoms with Crippen LogP contribution in [-0.2, 0) is 14.8 Å². The molecule has 0 unspecified atom stereocenters. The summed E-state index contributed by atoms with van der Waals surface area (Å²) in [5.74, 6) is -7.20. The summed E-state index contributed by atoms with van der Waals surface area (Å²) in [6.07, 6.45) is 0. The van der Waals surface area contributed by atoms with Crippen molar-refractivity contribution in [2.45, 2.75) is 5.75 Å². The Balaban J connectivity index is 3.40. The molecule has 1 N–H and O–H groups in total. The number of hydrogen-bond donors (Lipinski definition) is 1. The predicted octanol–water partition coefficient (Wildman–Crippen LogP) is 1.88. The summed E-state index contributed by atoms with van der Waals surface area (Å²) >= 11 is 0. The summed E-state index contributed by atoms with van der Waals surface area (Å²) < 4.78 is 59.7. The van der Waals surface area contributed by atoms with Gasteiger partial charge in [0, 0.05) is 22.3 Å². The highest BCUT2D eigenvalue weighted by atomic mass is 35.7. The van der Waals surface area contributed by atoms with E-state index < -0.39 is 43.6 Å². The van der Waals surface area contributed by atoms with Crippen molar-refractivity contribution >= 4 is 19.7 Å². The van der Waals surface area contributed by atoms with Crippen molar-refractivity contribution in [3.05, 3.63) is 29.1 Å². The van der Waals surface area contributed by atoms with Gasteiger partial charge in [-0.3, -0.25) is 0 Å². The van der Waals surface area contributed by atoms with Gasteiger partial charge < -0.3 is 5.11 Å². The average molecular weight is 261 g/mol. The second-order valence-electron chi connectivity index (χ2n) is 2.67. The van der Waals surface area contributed by atoms with Gasteiger partial charge >= 0.3 is 0 Å². The second-order valence-corrected chi connectivity index (χ2v) is 5.44. The predicted molar refractivity (Wildman–Crippen MR) is 46.5 cm³/mol. The molecule has 84 valence electrons. The van der Waals surface area contributed by atoms with Gasteiger partial charge in [-0.25, -0.2) is 21.6 Å². The van der Waals surface area contributed by atoms with Crippen molar-refractivity contribution < 1.29 is 26.7 Å². The fraction of sp³-hybridized carbons (Fsp3) is 0.143. The number of phenols is 1. The first-order valence-electron chi connectivity index (χ1n) is 3.50. The quantitative estimate of drug-likeness (QED) is 0.652. The van der Waals surface area contributed by atoms with E-state index in [1.165, 1.54) is 0 Å². The highest BCUT2D eigenvalue weighted by molar-refractivity contribution is 8.13. The van der Waals surface area contributed by atoms with E-state index in [9.17, 15) is 21.6 Å². The fourth-order valence-corrected chi connectivity index (χ4v) is 1.87. The van der Waals surface area contributed by atoms with Crippen LogP contribution in [0.25, 0.3) is 0 Å². The lowest BCUT2D eigenvalue weighted by Gasteiger charge is -2.05. The third-order valence-electron chi connectivity index (χ3n) is 1.54. The van der Waals surface area contributed by atoms with Crippen LogP contribution >= 0.6 is 10.7 Å². The van der Waals surface area contributed by atoms with Gasteiger partial charge in [0.1, 0.15) is 0 Å². The number of hydrogen-bond acceptors (Lipinski definition) is 3. The molecule has 0 saturated carbocycles. The molecule has 0 radical (unpaired) electrons. The molecule has 0 aliphatic rings. The van der Waals surface area contributed by atoms with E-state index in [1.807, 2.05) is 0 Å². The monoisotopic (exact) mass is 260 g/mol. The van der Waals surface area contributed by atoms with Crippen molar-refractivity contribution in [2.75, 3.05) is 0 Å². The Labute approximate surface area is 87.5 Å². The molecule has 0 aliphatic heterocycles. The Hall–Kier alpha value is -0.950. The van der Waals surface area contributed by atoms with Crippen molar-refractivity contribution in [1.29, 1.82) is 0 Å². The Morgan fingerprint density at radius 1 is 1.27 bits per heavy atom. The topological polar surface area (TPSA) is 54.4 Å². The highest BCUT2D eigenvalue weighted by Crippen LogP contribution is 2.26. The minimum absolute atomic E-state index is 0.203. The Morgan fingerprint density at radius 2 is 1.80 bits per heavy atom. The van der Waals surface area contributed by atoms with Crippen LogP contribution in [0.2, 0.25) is 0 Å². The van der Waals surface area contributed by atoms with E-state index in [0.717, 1.165) is 0 Å². The first-order chi connectivity index (χ1) is 6.72. The molecule has 15 heavy (non-hydrogen) atoms. The molecule has 0 bridgehead atoms. The van der Waals surface area contributed by atoms with Crippen molar-refractivity contribution in [3.8, 4) is 5.75 Å². The molecule has 0 amide bonds. The summed E-state index contributed by atoms with van der Waals surface area (Å²) in [6, 6.07) is 0.203. The van der Waals surface area contributed by atoms with E-state index >= 15 is 0 Å². The average Bonchev–Trinajstić information content (AvgIpc) is 2.08.